The minimum Gasteiger partial charge on any atom is -0.494 e. The highest BCUT2D eigenvalue weighted by atomic mass is 16.6. The largest absolute Gasteiger partial charge is 0.494 e. The van der Waals surface area contributed by atoms with Crippen molar-refractivity contribution in [1.29, 1.82) is 0 Å². The van der Waals surface area contributed by atoms with Gasteiger partial charge in [0.15, 0.2) is 23.0 Å². The number of nitrogens with zero attached hydrogens (tertiary/aromatic N) is 1. The fraction of sp³-hybridized carbons (Fsp3) is 0.200. The third-order valence-corrected chi connectivity index (χ3v) is 3.99. The zero-order valence-electron chi connectivity index (χ0n) is 14.7. The predicted octanol–water partition coefficient (Wildman–Crippen LogP) is 3.76. The van der Waals surface area contributed by atoms with Crippen LogP contribution in [0.15, 0.2) is 53.1 Å². The van der Waals surface area contributed by atoms with Gasteiger partial charge < -0.3 is 24.1 Å². The lowest BCUT2D eigenvalue weighted by Crippen LogP contribution is -2.15. The molecule has 1 aliphatic rings. The summed E-state index contributed by atoms with van der Waals surface area (Å²) in [6, 6.07) is 14.2. The monoisotopic (exact) mass is 366 g/mol. The lowest BCUT2D eigenvalue weighted by atomic mass is 10.1. The summed E-state index contributed by atoms with van der Waals surface area (Å²) in [6.45, 7) is 3.54. The molecule has 0 atom stereocenters. The zero-order valence-corrected chi connectivity index (χ0v) is 14.7. The van der Waals surface area contributed by atoms with Gasteiger partial charge in [-0.15, -0.1) is 0 Å². The minimum atomic E-state index is -0.355. The van der Waals surface area contributed by atoms with Crippen LogP contribution in [0.25, 0.3) is 11.3 Å². The molecule has 0 aliphatic carbocycles. The molecule has 1 N–H and O–H groups in total. The summed E-state index contributed by atoms with van der Waals surface area (Å²) in [6.07, 6.45) is 0. The first kappa shape index (κ1) is 17.0. The summed E-state index contributed by atoms with van der Waals surface area (Å²) in [5, 5.41) is 6.64. The number of aromatic nitrogens is 1. The molecule has 27 heavy (non-hydrogen) atoms. The number of anilines is 1. The molecule has 1 amide bonds. The molecule has 0 unspecified atom stereocenters. The van der Waals surface area contributed by atoms with E-state index in [1.807, 2.05) is 25.1 Å². The van der Waals surface area contributed by atoms with Crippen LogP contribution in [-0.4, -0.2) is 30.9 Å². The second-order valence-corrected chi connectivity index (χ2v) is 5.85. The van der Waals surface area contributed by atoms with E-state index >= 15 is 0 Å². The smallest absolute Gasteiger partial charge is 0.277 e. The fourth-order valence-corrected chi connectivity index (χ4v) is 2.71. The van der Waals surface area contributed by atoms with Crippen LogP contribution in [0.4, 0.5) is 5.69 Å². The summed E-state index contributed by atoms with van der Waals surface area (Å²) >= 11 is 0. The van der Waals surface area contributed by atoms with E-state index in [0.29, 0.717) is 42.8 Å². The maximum atomic E-state index is 12.4. The Morgan fingerprint density at radius 1 is 1.07 bits per heavy atom. The quantitative estimate of drug-likeness (QED) is 0.740. The Hall–Kier alpha value is -3.48. The van der Waals surface area contributed by atoms with E-state index in [-0.39, 0.29) is 11.6 Å². The van der Waals surface area contributed by atoms with Gasteiger partial charge in [-0.05, 0) is 49.4 Å². The van der Waals surface area contributed by atoms with Crippen LogP contribution in [0, 0.1) is 0 Å². The molecule has 0 saturated heterocycles. The third kappa shape index (κ3) is 3.72. The van der Waals surface area contributed by atoms with E-state index in [1.165, 1.54) is 0 Å². The lowest BCUT2D eigenvalue weighted by Gasteiger charge is -2.18. The maximum Gasteiger partial charge on any atom is 0.277 e. The van der Waals surface area contributed by atoms with E-state index in [4.69, 9.17) is 18.7 Å². The molecule has 0 radical (unpaired) electrons. The van der Waals surface area contributed by atoms with Gasteiger partial charge in [-0.3, -0.25) is 4.79 Å². The minimum absolute atomic E-state index is 0.189. The van der Waals surface area contributed by atoms with E-state index < -0.39 is 0 Å². The predicted molar refractivity (Wildman–Crippen MR) is 98.5 cm³/mol. The number of carbonyl (C=O) groups excluding carboxylic acids is 1. The topological polar surface area (TPSA) is 82.8 Å². The molecular weight excluding hydrogens is 348 g/mol. The summed E-state index contributed by atoms with van der Waals surface area (Å²) in [4.78, 5) is 12.4. The summed E-state index contributed by atoms with van der Waals surface area (Å²) < 4.78 is 21.8. The van der Waals surface area contributed by atoms with Gasteiger partial charge in [0.05, 0.1) is 6.61 Å². The standard InChI is InChI=1S/C20H18N2O5/c1-2-24-15-6-4-14(5-7-15)21-20(23)16-12-18(27-22-16)13-3-8-17-19(11-13)26-10-9-25-17/h3-8,11-12H,2,9-10H2,1H3,(H,21,23). The average molecular weight is 366 g/mol. The number of hydrogen-bond donors (Lipinski definition) is 1. The number of amides is 1. The molecule has 7 nitrogen and oxygen atoms in total. The van der Waals surface area contributed by atoms with E-state index in [1.54, 1.807) is 30.3 Å². The van der Waals surface area contributed by atoms with Crippen LogP contribution < -0.4 is 19.5 Å². The Kier molecular flexibility index (Phi) is 4.65. The Balaban J connectivity index is 1.47. The summed E-state index contributed by atoms with van der Waals surface area (Å²) in [5.41, 5.74) is 1.59. The second-order valence-electron chi connectivity index (χ2n) is 5.85. The Bertz CT molecular complexity index is 949. The maximum absolute atomic E-state index is 12.4. The van der Waals surface area contributed by atoms with Crippen molar-refractivity contribution in [3.05, 3.63) is 54.2 Å². The van der Waals surface area contributed by atoms with Crippen LogP contribution in [0.3, 0.4) is 0 Å². The molecule has 3 aromatic rings. The fourth-order valence-electron chi connectivity index (χ4n) is 2.71. The number of benzene rings is 2. The molecule has 2 heterocycles. The SMILES string of the molecule is CCOc1ccc(NC(=O)c2cc(-c3ccc4c(c3)OCCO4)on2)cc1. The second kappa shape index (κ2) is 7.41. The highest BCUT2D eigenvalue weighted by molar-refractivity contribution is 6.03. The molecule has 0 spiro atoms. The van der Waals surface area contributed by atoms with Gasteiger partial charge in [-0.25, -0.2) is 0 Å². The van der Waals surface area contributed by atoms with E-state index in [9.17, 15) is 4.79 Å². The third-order valence-electron chi connectivity index (χ3n) is 3.99. The van der Waals surface area contributed by atoms with Crippen LogP contribution >= 0.6 is 0 Å². The molecule has 1 aromatic heterocycles. The highest BCUT2D eigenvalue weighted by Crippen LogP contribution is 2.34. The first-order valence-corrected chi connectivity index (χ1v) is 8.64. The summed E-state index contributed by atoms with van der Waals surface area (Å²) in [5.74, 6) is 2.21. The van der Waals surface area contributed by atoms with Crippen LogP contribution in [-0.2, 0) is 0 Å². The van der Waals surface area contributed by atoms with Gasteiger partial charge >= 0.3 is 0 Å². The lowest BCUT2D eigenvalue weighted by molar-refractivity contribution is 0.101. The van der Waals surface area contributed by atoms with Crippen molar-refractivity contribution in [2.24, 2.45) is 0 Å². The Morgan fingerprint density at radius 3 is 2.63 bits per heavy atom. The number of nitrogens with one attached hydrogen (secondary N) is 1. The number of carbonyl (C=O) groups is 1. The van der Waals surface area contributed by atoms with Crippen molar-refractivity contribution in [3.8, 4) is 28.6 Å². The molecular formula is C20H18N2O5. The number of ether oxygens (including phenoxy) is 3. The Morgan fingerprint density at radius 2 is 1.85 bits per heavy atom. The van der Waals surface area contributed by atoms with Crippen LogP contribution in [0.5, 0.6) is 17.2 Å². The molecule has 0 saturated carbocycles. The van der Waals surface area contributed by atoms with Crippen molar-refractivity contribution in [2.45, 2.75) is 6.92 Å². The van der Waals surface area contributed by atoms with Gasteiger partial charge in [0.25, 0.3) is 5.91 Å². The van der Waals surface area contributed by atoms with Gasteiger partial charge in [-0.2, -0.15) is 0 Å². The highest BCUT2D eigenvalue weighted by Gasteiger charge is 2.17. The van der Waals surface area contributed by atoms with E-state index in [2.05, 4.69) is 10.5 Å². The van der Waals surface area contributed by atoms with Gasteiger partial charge in [0.2, 0.25) is 0 Å². The molecule has 2 aromatic carbocycles. The molecule has 0 bridgehead atoms. The number of hydrogen-bond acceptors (Lipinski definition) is 6. The van der Waals surface area contributed by atoms with Crippen molar-refractivity contribution < 1.29 is 23.5 Å². The van der Waals surface area contributed by atoms with Crippen molar-refractivity contribution in [2.75, 3.05) is 25.1 Å². The number of fused-ring (bicyclic) bond motifs is 1. The first-order valence-electron chi connectivity index (χ1n) is 8.64. The Labute approximate surface area is 155 Å². The van der Waals surface area contributed by atoms with Gasteiger partial charge in [0.1, 0.15) is 19.0 Å². The molecule has 7 heteroatoms. The summed E-state index contributed by atoms with van der Waals surface area (Å²) in [7, 11) is 0. The van der Waals surface area contributed by atoms with Crippen molar-refractivity contribution >= 4 is 11.6 Å². The van der Waals surface area contributed by atoms with Crippen molar-refractivity contribution in [1.82, 2.24) is 5.16 Å². The van der Waals surface area contributed by atoms with Crippen LogP contribution in [0.1, 0.15) is 17.4 Å². The number of rotatable bonds is 5. The normalized spacial score (nSPS) is 12.5. The zero-order chi connectivity index (χ0) is 18.6. The molecule has 1 aliphatic heterocycles. The van der Waals surface area contributed by atoms with Gasteiger partial charge in [-0.1, -0.05) is 5.16 Å². The van der Waals surface area contributed by atoms with E-state index in [0.717, 1.165) is 11.3 Å². The van der Waals surface area contributed by atoms with Crippen molar-refractivity contribution in [3.63, 3.8) is 0 Å². The molecule has 0 fully saturated rings. The first-order chi connectivity index (χ1) is 13.2. The average Bonchev–Trinajstić information content (AvgIpc) is 3.20. The molecule has 138 valence electrons. The molecule has 4 rings (SSSR count). The van der Waals surface area contributed by atoms with Gasteiger partial charge in [0, 0.05) is 17.3 Å². The van der Waals surface area contributed by atoms with Crippen LogP contribution in [0.2, 0.25) is 0 Å².